The van der Waals surface area contributed by atoms with Crippen LogP contribution in [0.1, 0.15) is 35.7 Å². The van der Waals surface area contributed by atoms with Crippen LogP contribution in [0.5, 0.6) is 0 Å². The molecule has 4 heterocycles. The lowest BCUT2D eigenvalue weighted by Crippen LogP contribution is -2.27. The molecule has 2 atom stereocenters. The maximum absolute atomic E-state index is 10.8. The van der Waals surface area contributed by atoms with Gasteiger partial charge in [-0.25, -0.2) is 15.0 Å². The first-order valence-electron chi connectivity index (χ1n) is 11.3. The van der Waals surface area contributed by atoms with Crippen molar-refractivity contribution in [1.82, 2.24) is 24.4 Å². The number of benzene rings is 1. The Kier molecular flexibility index (Phi) is 6.19. The number of aliphatic hydroxyl groups is 1. The van der Waals surface area contributed by atoms with E-state index in [0.717, 1.165) is 41.7 Å². The number of thiazole rings is 1. The van der Waals surface area contributed by atoms with Gasteiger partial charge in [-0.05, 0) is 44.7 Å². The lowest BCUT2D eigenvalue weighted by molar-refractivity contribution is 0.122. The number of aromatic nitrogens is 4. The van der Waals surface area contributed by atoms with E-state index in [1.807, 2.05) is 17.5 Å². The van der Waals surface area contributed by atoms with Gasteiger partial charge in [0.25, 0.3) is 0 Å². The molecule has 0 radical (unpaired) electrons. The Morgan fingerprint density at radius 2 is 2.18 bits per heavy atom. The summed E-state index contributed by atoms with van der Waals surface area (Å²) in [5.41, 5.74) is 4.01. The molecule has 5 rings (SSSR count). The summed E-state index contributed by atoms with van der Waals surface area (Å²) in [5.74, 6) is 6.17. The first kappa shape index (κ1) is 22.7. The normalized spacial score (nSPS) is 16.9. The van der Waals surface area contributed by atoms with Crippen LogP contribution in [0.4, 0.5) is 0 Å². The Labute approximate surface area is 203 Å². The molecule has 0 saturated heterocycles. The van der Waals surface area contributed by atoms with Crippen LogP contribution < -0.4 is 0 Å². The fourth-order valence-electron chi connectivity index (χ4n) is 4.67. The number of methoxy groups -OCH3 is 1. The van der Waals surface area contributed by atoms with Crippen molar-refractivity contribution >= 4 is 22.2 Å². The molecule has 174 valence electrons. The summed E-state index contributed by atoms with van der Waals surface area (Å²) < 4.78 is 7.73. The molecule has 1 unspecified atom stereocenters. The Balaban J connectivity index is 1.62. The predicted molar refractivity (Wildman–Crippen MR) is 133 cm³/mol. The molecule has 0 amide bonds. The monoisotopic (exact) mass is 473 g/mol. The Hall–Kier alpha value is -3.09. The zero-order chi connectivity index (χ0) is 23.7. The first-order chi connectivity index (χ1) is 16.5. The van der Waals surface area contributed by atoms with E-state index in [4.69, 9.17) is 4.74 Å². The van der Waals surface area contributed by atoms with E-state index in [9.17, 15) is 5.11 Å². The quantitative estimate of drug-likeness (QED) is 0.429. The highest BCUT2D eigenvalue weighted by Gasteiger charge is 2.33. The standard InChI is InChI=1S/C26H27N5O2S/c1-26(32,25-28-11-15-34-25)9-6-18-4-5-21-19(16-18)23(20-7-10-27-17-29-20)24-22(8-12-31(21)24)30(2)13-14-33-3/h4-5,7,10-11,15-17,22,32H,8,12-14H2,1-3H3/t22-,26?/m0/s1. The maximum atomic E-state index is 10.8. The highest BCUT2D eigenvalue weighted by molar-refractivity contribution is 7.09. The van der Waals surface area contributed by atoms with Gasteiger partial charge in [0.05, 0.1) is 18.3 Å². The minimum absolute atomic E-state index is 0.271. The molecule has 0 fully saturated rings. The fraction of sp³-hybridized carbons (Fsp3) is 0.346. The number of aryl methyl sites for hydroxylation is 1. The third-order valence-electron chi connectivity index (χ3n) is 6.36. The van der Waals surface area contributed by atoms with Crippen molar-refractivity contribution in [2.24, 2.45) is 0 Å². The van der Waals surface area contributed by atoms with Crippen LogP contribution in [0.25, 0.3) is 22.2 Å². The highest BCUT2D eigenvalue weighted by atomic mass is 32.1. The number of rotatable bonds is 6. The number of fused-ring (bicyclic) bond motifs is 3. The molecule has 3 aromatic heterocycles. The van der Waals surface area contributed by atoms with Crippen molar-refractivity contribution in [3.63, 3.8) is 0 Å². The van der Waals surface area contributed by atoms with Gasteiger partial charge in [0.1, 0.15) is 11.3 Å². The van der Waals surface area contributed by atoms with Crippen LogP contribution in [0.3, 0.4) is 0 Å². The van der Waals surface area contributed by atoms with E-state index in [2.05, 4.69) is 55.4 Å². The van der Waals surface area contributed by atoms with Crippen LogP contribution in [0.2, 0.25) is 0 Å². The summed E-state index contributed by atoms with van der Waals surface area (Å²) in [5, 5.41) is 14.3. The zero-order valence-corrected chi connectivity index (χ0v) is 20.3. The molecule has 0 saturated carbocycles. The van der Waals surface area contributed by atoms with Gasteiger partial charge in [0.15, 0.2) is 5.60 Å². The Morgan fingerprint density at radius 1 is 1.29 bits per heavy atom. The van der Waals surface area contributed by atoms with Gasteiger partial charge in [-0.1, -0.05) is 11.8 Å². The number of hydrogen-bond acceptors (Lipinski definition) is 7. The summed E-state index contributed by atoms with van der Waals surface area (Å²) in [6.07, 6.45) is 6.10. The maximum Gasteiger partial charge on any atom is 0.174 e. The van der Waals surface area contributed by atoms with Crippen molar-refractivity contribution in [3.8, 4) is 23.1 Å². The third-order valence-corrected chi connectivity index (χ3v) is 7.35. The Bertz CT molecular complexity index is 1350. The van der Waals surface area contributed by atoms with Crippen LogP contribution in [0, 0.1) is 11.8 Å². The van der Waals surface area contributed by atoms with Crippen molar-refractivity contribution in [1.29, 1.82) is 0 Å². The van der Waals surface area contributed by atoms with Crippen LogP contribution in [0.15, 0.2) is 48.4 Å². The number of nitrogens with zero attached hydrogens (tertiary/aromatic N) is 5. The second-order valence-corrected chi connectivity index (χ2v) is 9.57. The summed E-state index contributed by atoms with van der Waals surface area (Å²) >= 11 is 1.40. The molecule has 1 aliphatic rings. The van der Waals surface area contributed by atoms with Crippen molar-refractivity contribution < 1.29 is 9.84 Å². The Morgan fingerprint density at radius 3 is 2.91 bits per heavy atom. The lowest BCUT2D eigenvalue weighted by atomic mass is 10.00. The fourth-order valence-corrected chi connectivity index (χ4v) is 5.32. The summed E-state index contributed by atoms with van der Waals surface area (Å²) in [7, 11) is 3.89. The van der Waals surface area contributed by atoms with E-state index in [0.29, 0.717) is 11.6 Å². The third kappa shape index (κ3) is 4.12. The van der Waals surface area contributed by atoms with Crippen molar-refractivity contribution in [3.05, 3.63) is 64.6 Å². The predicted octanol–water partition coefficient (Wildman–Crippen LogP) is 3.84. The van der Waals surface area contributed by atoms with Gasteiger partial charge in [-0.15, -0.1) is 11.3 Å². The molecule has 0 bridgehead atoms. The summed E-state index contributed by atoms with van der Waals surface area (Å²) in [4.78, 5) is 15.3. The molecule has 34 heavy (non-hydrogen) atoms. The SMILES string of the molecule is COCCN(C)[C@H]1CCn2c1c(-c1ccncn1)c1cc(C#CC(C)(O)c3nccs3)ccc12. The molecule has 1 aromatic carbocycles. The van der Waals surface area contributed by atoms with Gasteiger partial charge in [0, 0.05) is 65.7 Å². The second-order valence-electron chi connectivity index (χ2n) is 8.68. The van der Waals surface area contributed by atoms with Crippen molar-refractivity contribution in [2.45, 2.75) is 31.5 Å². The molecule has 4 aromatic rings. The number of likely N-dealkylation sites (N-methyl/N-ethyl adjacent to an activating group) is 1. The van der Waals surface area contributed by atoms with Crippen LogP contribution in [-0.4, -0.2) is 56.8 Å². The average molecular weight is 474 g/mol. The summed E-state index contributed by atoms with van der Waals surface area (Å²) in [6, 6.07) is 8.49. The molecule has 0 spiro atoms. The molecular formula is C26H27N5O2S. The first-order valence-corrected chi connectivity index (χ1v) is 12.1. The average Bonchev–Trinajstić information content (AvgIpc) is 3.59. The minimum atomic E-state index is -1.30. The van der Waals surface area contributed by atoms with E-state index in [1.54, 1.807) is 32.8 Å². The topological polar surface area (TPSA) is 76.3 Å². The van der Waals surface area contributed by atoms with E-state index >= 15 is 0 Å². The molecule has 0 aliphatic carbocycles. The lowest BCUT2D eigenvalue weighted by Gasteiger charge is -2.24. The molecule has 1 N–H and O–H groups in total. The second kappa shape index (κ2) is 9.28. The van der Waals surface area contributed by atoms with E-state index in [-0.39, 0.29) is 6.04 Å². The molecular weight excluding hydrogens is 446 g/mol. The van der Waals surface area contributed by atoms with Gasteiger partial charge in [-0.3, -0.25) is 4.90 Å². The highest BCUT2D eigenvalue weighted by Crippen LogP contribution is 2.44. The van der Waals surface area contributed by atoms with Gasteiger partial charge in [-0.2, -0.15) is 0 Å². The zero-order valence-electron chi connectivity index (χ0n) is 19.5. The molecule has 8 heteroatoms. The summed E-state index contributed by atoms with van der Waals surface area (Å²) in [6.45, 7) is 4.17. The number of hydrogen-bond donors (Lipinski definition) is 1. The van der Waals surface area contributed by atoms with Crippen LogP contribution >= 0.6 is 11.3 Å². The smallest absolute Gasteiger partial charge is 0.174 e. The number of ether oxygens (including phenoxy) is 1. The molecule has 1 aliphatic heterocycles. The van der Waals surface area contributed by atoms with E-state index < -0.39 is 5.60 Å². The van der Waals surface area contributed by atoms with Gasteiger partial charge < -0.3 is 14.4 Å². The van der Waals surface area contributed by atoms with Crippen molar-refractivity contribution in [2.75, 3.05) is 27.3 Å². The minimum Gasteiger partial charge on any atom is -0.383 e. The van der Waals surface area contributed by atoms with Gasteiger partial charge in [0.2, 0.25) is 0 Å². The van der Waals surface area contributed by atoms with Gasteiger partial charge >= 0.3 is 0 Å². The van der Waals surface area contributed by atoms with E-state index in [1.165, 1.54) is 22.5 Å². The molecule has 7 nitrogen and oxygen atoms in total. The van der Waals surface area contributed by atoms with Crippen LogP contribution in [-0.2, 0) is 16.9 Å². The largest absolute Gasteiger partial charge is 0.383 e.